The zero-order chi connectivity index (χ0) is 14.7. The molecule has 1 aliphatic rings. The predicted molar refractivity (Wildman–Crippen MR) is 65.6 cm³/mol. The monoisotopic (exact) mass is 281 g/mol. The molecule has 1 fully saturated rings. The Kier molecular flexibility index (Phi) is 4.54. The van der Waals surface area contributed by atoms with Crippen LogP contribution in [-0.4, -0.2) is 57.7 Å². The second-order valence-electron chi connectivity index (χ2n) is 4.45. The van der Waals surface area contributed by atoms with Crippen LogP contribution in [0.2, 0.25) is 0 Å². The highest BCUT2D eigenvalue weighted by atomic mass is 16.7. The minimum absolute atomic E-state index is 0.272. The molecule has 1 saturated heterocycles. The molecule has 1 heterocycles. The van der Waals surface area contributed by atoms with Gasteiger partial charge in [-0.25, -0.2) is 0 Å². The van der Waals surface area contributed by atoms with Crippen LogP contribution in [0.4, 0.5) is 0 Å². The standard InChI is InChI=1S/C13H15NO6/c14-5-7-2-1-3-8(4-7)19-13-12(18)11(17)10(16)9(6-15)20-13/h1-4,9-13,15-18H,6H2. The molecule has 2 rings (SSSR count). The second kappa shape index (κ2) is 6.17. The fourth-order valence-electron chi connectivity index (χ4n) is 1.94. The summed E-state index contributed by atoms with van der Waals surface area (Å²) >= 11 is 0. The Morgan fingerprint density at radius 1 is 1.20 bits per heavy atom. The fraction of sp³-hybridized carbons (Fsp3) is 0.462. The largest absolute Gasteiger partial charge is 0.462 e. The van der Waals surface area contributed by atoms with E-state index in [2.05, 4.69) is 0 Å². The minimum Gasteiger partial charge on any atom is -0.462 e. The molecule has 0 radical (unpaired) electrons. The van der Waals surface area contributed by atoms with E-state index in [4.69, 9.17) is 19.8 Å². The Hall–Kier alpha value is -1.69. The van der Waals surface area contributed by atoms with Crippen LogP contribution in [0, 0.1) is 11.3 Å². The van der Waals surface area contributed by atoms with E-state index in [9.17, 15) is 15.3 Å². The van der Waals surface area contributed by atoms with Crippen molar-refractivity contribution in [3.63, 3.8) is 0 Å². The zero-order valence-corrected chi connectivity index (χ0v) is 10.5. The van der Waals surface area contributed by atoms with E-state index in [-0.39, 0.29) is 5.75 Å². The van der Waals surface area contributed by atoms with Crippen LogP contribution in [0.1, 0.15) is 5.56 Å². The molecule has 0 aliphatic carbocycles. The maximum absolute atomic E-state index is 9.80. The smallest absolute Gasteiger partial charge is 0.229 e. The summed E-state index contributed by atoms with van der Waals surface area (Å²) in [4.78, 5) is 0. The zero-order valence-electron chi connectivity index (χ0n) is 10.5. The van der Waals surface area contributed by atoms with E-state index >= 15 is 0 Å². The number of nitrogens with zero attached hydrogens (tertiary/aromatic N) is 1. The third-order valence-electron chi connectivity index (χ3n) is 3.06. The number of nitriles is 1. The molecule has 1 aromatic rings. The van der Waals surface area contributed by atoms with Gasteiger partial charge in [0, 0.05) is 0 Å². The average molecular weight is 281 g/mol. The van der Waals surface area contributed by atoms with Gasteiger partial charge in [-0.2, -0.15) is 5.26 Å². The maximum atomic E-state index is 9.80. The highest BCUT2D eigenvalue weighted by Gasteiger charge is 2.44. The normalized spacial score (nSPS) is 33.5. The molecule has 7 heteroatoms. The topological polar surface area (TPSA) is 123 Å². The molecule has 4 N–H and O–H groups in total. The van der Waals surface area contributed by atoms with Gasteiger partial charge in [-0.1, -0.05) is 6.07 Å². The van der Waals surface area contributed by atoms with Crippen LogP contribution in [0.3, 0.4) is 0 Å². The summed E-state index contributed by atoms with van der Waals surface area (Å²) < 4.78 is 10.5. The van der Waals surface area contributed by atoms with E-state index in [1.54, 1.807) is 18.2 Å². The maximum Gasteiger partial charge on any atom is 0.229 e. The number of ether oxygens (including phenoxy) is 2. The SMILES string of the molecule is N#Cc1cccc(OC2OC(CO)C(O)C(O)C2O)c1. The molecule has 1 aromatic carbocycles. The van der Waals surface area contributed by atoms with E-state index in [1.165, 1.54) is 6.07 Å². The molecule has 5 unspecified atom stereocenters. The van der Waals surface area contributed by atoms with Crippen molar-refractivity contribution in [3.05, 3.63) is 29.8 Å². The third kappa shape index (κ3) is 2.90. The van der Waals surface area contributed by atoms with Crippen molar-refractivity contribution in [1.29, 1.82) is 5.26 Å². The lowest BCUT2D eigenvalue weighted by Crippen LogP contribution is -2.60. The van der Waals surface area contributed by atoms with Crippen molar-refractivity contribution in [3.8, 4) is 11.8 Å². The first-order valence-electron chi connectivity index (χ1n) is 6.04. The summed E-state index contributed by atoms with van der Waals surface area (Å²) in [6.07, 6.45) is -6.68. The number of rotatable bonds is 3. The van der Waals surface area contributed by atoms with Crippen molar-refractivity contribution in [2.24, 2.45) is 0 Å². The first kappa shape index (κ1) is 14.7. The summed E-state index contributed by atoms with van der Waals surface area (Å²) in [6.45, 7) is -0.525. The first-order chi connectivity index (χ1) is 9.56. The van der Waals surface area contributed by atoms with Gasteiger partial charge in [-0.05, 0) is 18.2 Å². The van der Waals surface area contributed by atoms with Gasteiger partial charge in [0.2, 0.25) is 6.29 Å². The Morgan fingerprint density at radius 3 is 2.60 bits per heavy atom. The molecule has 0 saturated carbocycles. The number of hydrogen-bond acceptors (Lipinski definition) is 7. The molecule has 0 aromatic heterocycles. The summed E-state index contributed by atoms with van der Waals surface area (Å²) in [7, 11) is 0. The number of aliphatic hydroxyl groups excluding tert-OH is 4. The molecule has 20 heavy (non-hydrogen) atoms. The van der Waals surface area contributed by atoms with E-state index in [0.717, 1.165) is 0 Å². The molecule has 1 aliphatic heterocycles. The minimum atomic E-state index is -1.50. The van der Waals surface area contributed by atoms with Crippen LogP contribution in [0.5, 0.6) is 5.75 Å². The second-order valence-corrected chi connectivity index (χ2v) is 4.45. The van der Waals surface area contributed by atoms with Crippen molar-refractivity contribution >= 4 is 0 Å². The van der Waals surface area contributed by atoms with Crippen molar-refractivity contribution in [2.75, 3.05) is 6.61 Å². The molecule has 108 valence electrons. The third-order valence-corrected chi connectivity index (χ3v) is 3.06. The van der Waals surface area contributed by atoms with Crippen LogP contribution >= 0.6 is 0 Å². The quantitative estimate of drug-likeness (QED) is 0.545. The van der Waals surface area contributed by atoms with Gasteiger partial charge in [0.1, 0.15) is 30.2 Å². The fourth-order valence-corrected chi connectivity index (χ4v) is 1.94. The lowest BCUT2D eigenvalue weighted by Gasteiger charge is -2.39. The molecule has 0 spiro atoms. The molecular formula is C13H15NO6. The number of benzene rings is 1. The van der Waals surface area contributed by atoms with Gasteiger partial charge in [0.25, 0.3) is 0 Å². The summed E-state index contributed by atoms with van der Waals surface area (Å²) in [5.41, 5.74) is 0.368. The van der Waals surface area contributed by atoms with Crippen LogP contribution in [0.15, 0.2) is 24.3 Å². The van der Waals surface area contributed by atoms with Crippen LogP contribution in [-0.2, 0) is 4.74 Å². The van der Waals surface area contributed by atoms with Gasteiger partial charge in [0.15, 0.2) is 0 Å². The van der Waals surface area contributed by atoms with Gasteiger partial charge in [-0.15, -0.1) is 0 Å². The Balaban J connectivity index is 2.13. The Bertz CT molecular complexity index is 500. The van der Waals surface area contributed by atoms with Crippen LogP contribution in [0.25, 0.3) is 0 Å². The summed E-state index contributed by atoms with van der Waals surface area (Å²) in [6, 6.07) is 8.12. The average Bonchev–Trinajstić information content (AvgIpc) is 2.48. The van der Waals surface area contributed by atoms with Gasteiger partial charge < -0.3 is 29.9 Å². The lowest BCUT2D eigenvalue weighted by molar-refractivity contribution is -0.277. The molecular weight excluding hydrogens is 266 g/mol. The molecule has 5 atom stereocenters. The van der Waals surface area contributed by atoms with E-state index in [0.29, 0.717) is 5.56 Å². The molecule has 0 amide bonds. The number of hydrogen-bond donors (Lipinski definition) is 4. The predicted octanol–water partition coefficient (Wildman–Crippen LogP) is -1.26. The summed E-state index contributed by atoms with van der Waals surface area (Å²) in [5.74, 6) is 0.272. The van der Waals surface area contributed by atoms with Crippen molar-refractivity contribution in [1.82, 2.24) is 0 Å². The van der Waals surface area contributed by atoms with Gasteiger partial charge in [-0.3, -0.25) is 0 Å². The van der Waals surface area contributed by atoms with E-state index < -0.39 is 37.3 Å². The van der Waals surface area contributed by atoms with Gasteiger partial charge in [0.05, 0.1) is 18.2 Å². The first-order valence-corrected chi connectivity index (χ1v) is 6.04. The van der Waals surface area contributed by atoms with Gasteiger partial charge >= 0.3 is 0 Å². The highest BCUT2D eigenvalue weighted by Crippen LogP contribution is 2.24. The highest BCUT2D eigenvalue weighted by molar-refractivity contribution is 5.36. The Morgan fingerprint density at radius 2 is 1.95 bits per heavy atom. The lowest BCUT2D eigenvalue weighted by atomic mass is 9.99. The molecule has 7 nitrogen and oxygen atoms in total. The van der Waals surface area contributed by atoms with Crippen molar-refractivity contribution in [2.45, 2.75) is 30.7 Å². The Labute approximate surface area is 115 Å². The summed E-state index contributed by atoms with van der Waals surface area (Å²) in [5, 5.41) is 46.9. The molecule has 0 bridgehead atoms. The van der Waals surface area contributed by atoms with E-state index in [1.807, 2.05) is 6.07 Å². The number of aliphatic hydroxyl groups is 4. The van der Waals surface area contributed by atoms with Crippen LogP contribution < -0.4 is 4.74 Å². The van der Waals surface area contributed by atoms with Crippen molar-refractivity contribution < 1.29 is 29.9 Å².